The summed E-state index contributed by atoms with van der Waals surface area (Å²) in [6.07, 6.45) is -0.201. The number of hydrogen-bond donors (Lipinski definition) is 2. The van der Waals surface area contributed by atoms with Crippen LogP contribution in [0.4, 0.5) is 4.39 Å². The highest BCUT2D eigenvalue weighted by Gasteiger charge is 2.19. The highest BCUT2D eigenvalue weighted by molar-refractivity contribution is 7.89. The van der Waals surface area contributed by atoms with E-state index in [1.165, 1.54) is 12.1 Å². The lowest BCUT2D eigenvalue weighted by Crippen LogP contribution is -2.28. The number of rotatable bonds is 5. The van der Waals surface area contributed by atoms with Crippen LogP contribution in [-0.4, -0.2) is 26.7 Å². The minimum absolute atomic E-state index is 0.0477. The summed E-state index contributed by atoms with van der Waals surface area (Å²) >= 11 is 0. The van der Waals surface area contributed by atoms with Crippen LogP contribution in [0, 0.1) is 5.82 Å². The fraction of sp³-hybridized carbons (Fsp3) is 0.250. The maximum Gasteiger partial charge on any atom is 0.240 e. The first-order chi connectivity index (χ1) is 11.0. The van der Waals surface area contributed by atoms with E-state index in [1.807, 2.05) is 6.07 Å². The van der Waals surface area contributed by atoms with Crippen LogP contribution in [0.2, 0.25) is 0 Å². The molecule has 0 saturated heterocycles. The summed E-state index contributed by atoms with van der Waals surface area (Å²) in [5, 5.41) is 10.2. The molecule has 1 unspecified atom stereocenters. The van der Waals surface area contributed by atoms with Crippen molar-refractivity contribution in [3.05, 3.63) is 59.4 Å². The van der Waals surface area contributed by atoms with Crippen molar-refractivity contribution in [3.8, 4) is 5.75 Å². The Balaban J connectivity index is 1.68. The van der Waals surface area contributed by atoms with Crippen LogP contribution in [-0.2, 0) is 16.4 Å². The number of ether oxygens (including phenoxy) is 1. The standard InChI is InChI=1S/C16H16FNO4S/c17-13-2-4-14(5-3-13)23(20,21)18-10-15(19)11-1-6-16-12(9-11)7-8-22-16/h1-6,9,15,18-19H,7-8,10H2. The van der Waals surface area contributed by atoms with Gasteiger partial charge in [-0.3, -0.25) is 0 Å². The van der Waals surface area contributed by atoms with Crippen LogP contribution in [0.3, 0.4) is 0 Å². The lowest BCUT2D eigenvalue weighted by Gasteiger charge is -2.13. The van der Waals surface area contributed by atoms with Crippen LogP contribution in [0.25, 0.3) is 0 Å². The molecule has 1 atom stereocenters. The van der Waals surface area contributed by atoms with Crippen molar-refractivity contribution in [2.45, 2.75) is 17.4 Å². The molecule has 3 rings (SSSR count). The van der Waals surface area contributed by atoms with Crippen molar-refractivity contribution in [2.75, 3.05) is 13.2 Å². The Bertz CT molecular complexity index is 805. The number of halogens is 1. The first kappa shape index (κ1) is 15.9. The zero-order valence-corrected chi connectivity index (χ0v) is 13.0. The fourth-order valence-electron chi connectivity index (χ4n) is 2.42. The monoisotopic (exact) mass is 337 g/mol. The topological polar surface area (TPSA) is 75.6 Å². The predicted molar refractivity (Wildman–Crippen MR) is 82.2 cm³/mol. The lowest BCUT2D eigenvalue weighted by molar-refractivity contribution is 0.182. The smallest absolute Gasteiger partial charge is 0.240 e. The molecule has 2 N–H and O–H groups in total. The Morgan fingerprint density at radius 3 is 2.70 bits per heavy atom. The van der Waals surface area contributed by atoms with Gasteiger partial charge in [0.1, 0.15) is 11.6 Å². The third-order valence-electron chi connectivity index (χ3n) is 3.69. The van der Waals surface area contributed by atoms with Gasteiger partial charge in [-0.2, -0.15) is 0 Å². The van der Waals surface area contributed by atoms with Crippen molar-refractivity contribution in [3.63, 3.8) is 0 Å². The van der Waals surface area contributed by atoms with E-state index in [-0.39, 0.29) is 11.4 Å². The molecule has 5 nitrogen and oxygen atoms in total. The lowest BCUT2D eigenvalue weighted by atomic mass is 10.0. The molecule has 1 heterocycles. The Labute approximate surface area is 133 Å². The van der Waals surface area contributed by atoms with Crippen LogP contribution < -0.4 is 9.46 Å². The molecular formula is C16H16FNO4S. The predicted octanol–water partition coefficient (Wildman–Crippen LogP) is 1.77. The van der Waals surface area contributed by atoms with Gasteiger partial charge in [0, 0.05) is 13.0 Å². The number of aliphatic hydroxyl groups is 1. The van der Waals surface area contributed by atoms with Gasteiger partial charge >= 0.3 is 0 Å². The highest BCUT2D eigenvalue weighted by Crippen LogP contribution is 2.28. The van der Waals surface area contributed by atoms with Gasteiger partial charge in [0.2, 0.25) is 10.0 Å². The van der Waals surface area contributed by atoms with Gasteiger partial charge in [-0.05, 0) is 47.5 Å². The van der Waals surface area contributed by atoms with Gasteiger partial charge in [0.15, 0.2) is 0 Å². The summed E-state index contributed by atoms with van der Waals surface area (Å²) in [5.74, 6) is 0.289. The summed E-state index contributed by atoms with van der Waals surface area (Å²) in [7, 11) is -3.79. The summed E-state index contributed by atoms with van der Waals surface area (Å²) in [6.45, 7) is 0.450. The van der Waals surface area contributed by atoms with Crippen molar-refractivity contribution < 1.29 is 22.7 Å². The molecule has 7 heteroatoms. The average molecular weight is 337 g/mol. The zero-order valence-electron chi connectivity index (χ0n) is 12.2. The molecule has 0 radical (unpaired) electrons. The Kier molecular flexibility index (Phi) is 4.34. The van der Waals surface area contributed by atoms with Gasteiger partial charge in [-0.25, -0.2) is 17.5 Å². The molecule has 0 aromatic heterocycles. The third kappa shape index (κ3) is 3.52. The van der Waals surface area contributed by atoms with Crippen molar-refractivity contribution in [1.82, 2.24) is 4.72 Å². The molecule has 2 aromatic carbocycles. The molecular weight excluding hydrogens is 321 g/mol. The second kappa shape index (κ2) is 6.27. The van der Waals surface area contributed by atoms with Crippen LogP contribution in [0.15, 0.2) is 47.4 Å². The van der Waals surface area contributed by atoms with Gasteiger partial charge in [0.25, 0.3) is 0 Å². The van der Waals surface area contributed by atoms with E-state index in [0.29, 0.717) is 12.2 Å². The van der Waals surface area contributed by atoms with Crippen LogP contribution in [0.5, 0.6) is 5.75 Å². The molecule has 1 aliphatic rings. The quantitative estimate of drug-likeness (QED) is 0.872. The van der Waals surface area contributed by atoms with E-state index in [0.717, 1.165) is 29.9 Å². The second-order valence-electron chi connectivity index (χ2n) is 5.29. The van der Waals surface area contributed by atoms with Crippen molar-refractivity contribution in [2.24, 2.45) is 0 Å². The summed E-state index contributed by atoms with van der Waals surface area (Å²) in [4.78, 5) is -0.0477. The fourth-order valence-corrected chi connectivity index (χ4v) is 3.46. The largest absolute Gasteiger partial charge is 0.493 e. The summed E-state index contributed by atoms with van der Waals surface area (Å²) in [6, 6.07) is 9.81. The molecule has 122 valence electrons. The second-order valence-corrected chi connectivity index (χ2v) is 7.05. The molecule has 0 spiro atoms. The summed E-state index contributed by atoms with van der Waals surface area (Å²) < 4.78 is 44.8. The molecule has 23 heavy (non-hydrogen) atoms. The molecule has 1 aliphatic heterocycles. The van der Waals surface area contributed by atoms with Gasteiger partial charge in [-0.1, -0.05) is 6.07 Å². The minimum atomic E-state index is -3.79. The molecule has 0 fully saturated rings. The van der Waals surface area contributed by atoms with Gasteiger partial charge < -0.3 is 9.84 Å². The number of aliphatic hydroxyl groups excluding tert-OH is 1. The number of benzene rings is 2. The van der Waals surface area contributed by atoms with E-state index in [1.54, 1.807) is 12.1 Å². The Hall–Kier alpha value is -1.96. The molecule has 0 bridgehead atoms. The highest BCUT2D eigenvalue weighted by atomic mass is 32.2. The molecule has 0 aliphatic carbocycles. The van der Waals surface area contributed by atoms with Crippen molar-refractivity contribution >= 4 is 10.0 Å². The van der Waals surface area contributed by atoms with Crippen molar-refractivity contribution in [1.29, 1.82) is 0 Å². The first-order valence-corrected chi connectivity index (χ1v) is 8.63. The Morgan fingerprint density at radius 2 is 1.96 bits per heavy atom. The van der Waals surface area contributed by atoms with Gasteiger partial charge in [-0.15, -0.1) is 0 Å². The maximum atomic E-state index is 12.9. The minimum Gasteiger partial charge on any atom is -0.493 e. The van der Waals surface area contributed by atoms with Crippen LogP contribution in [0.1, 0.15) is 17.2 Å². The number of nitrogens with one attached hydrogen (secondary N) is 1. The molecule has 2 aromatic rings. The number of fused-ring (bicyclic) bond motifs is 1. The SMILES string of the molecule is O=S(=O)(NCC(O)c1ccc2c(c1)CCO2)c1ccc(F)cc1. The van der Waals surface area contributed by atoms with Crippen LogP contribution >= 0.6 is 0 Å². The van der Waals surface area contributed by atoms with E-state index in [4.69, 9.17) is 4.74 Å². The molecule has 0 saturated carbocycles. The van der Waals surface area contributed by atoms with Gasteiger partial charge in [0.05, 0.1) is 17.6 Å². The normalized spacial score (nSPS) is 15.0. The van der Waals surface area contributed by atoms with E-state index in [9.17, 15) is 17.9 Å². The zero-order chi connectivity index (χ0) is 16.4. The third-order valence-corrected chi connectivity index (χ3v) is 5.13. The average Bonchev–Trinajstić information content (AvgIpc) is 3.00. The van der Waals surface area contributed by atoms with E-state index < -0.39 is 21.9 Å². The first-order valence-electron chi connectivity index (χ1n) is 7.14. The Morgan fingerprint density at radius 1 is 1.22 bits per heavy atom. The number of sulfonamides is 1. The van der Waals surface area contributed by atoms with E-state index in [2.05, 4.69) is 4.72 Å². The maximum absolute atomic E-state index is 12.9. The number of hydrogen-bond acceptors (Lipinski definition) is 4. The van der Waals surface area contributed by atoms with E-state index >= 15 is 0 Å². The summed E-state index contributed by atoms with van der Waals surface area (Å²) in [5.41, 5.74) is 1.62. The molecule has 0 amide bonds.